The van der Waals surface area contributed by atoms with Gasteiger partial charge in [0.05, 0.1) is 5.41 Å². The lowest BCUT2D eigenvalue weighted by Crippen LogP contribution is -2.28. The second-order valence-electron chi connectivity index (χ2n) is 13.8. The maximum absolute atomic E-state index is 6.60. The van der Waals surface area contributed by atoms with E-state index in [4.69, 9.17) is 20.9 Å². The van der Waals surface area contributed by atoms with Crippen LogP contribution in [0.2, 0.25) is 0 Å². The molecule has 0 saturated heterocycles. The molecule has 246 valence electrons. The van der Waals surface area contributed by atoms with Crippen molar-refractivity contribution < 1.29 is 9.47 Å². The predicted molar refractivity (Wildman–Crippen MR) is 203 cm³/mol. The lowest BCUT2D eigenvalue weighted by molar-refractivity contribution is 0.469. The minimum Gasteiger partial charge on any atom is -0.457 e. The molecule has 0 heterocycles. The van der Waals surface area contributed by atoms with Gasteiger partial charge in [-0.25, -0.2) is 0 Å². The van der Waals surface area contributed by atoms with E-state index in [2.05, 4.69) is 126 Å². The molecule has 0 spiro atoms. The van der Waals surface area contributed by atoms with Crippen LogP contribution in [0.5, 0.6) is 23.0 Å². The average molecular weight is 645 g/mol. The van der Waals surface area contributed by atoms with Crippen molar-refractivity contribution in [3.8, 4) is 34.1 Å². The summed E-state index contributed by atoms with van der Waals surface area (Å²) in [6.45, 7) is 12.8. The van der Waals surface area contributed by atoms with Crippen molar-refractivity contribution in [3.63, 3.8) is 0 Å². The Bertz CT molecular complexity index is 2040. The topological polar surface area (TPSA) is 70.5 Å². The Morgan fingerprint density at radius 1 is 0.469 bits per heavy atom. The Morgan fingerprint density at radius 3 is 1.27 bits per heavy atom. The van der Waals surface area contributed by atoms with Crippen LogP contribution in [0.3, 0.4) is 0 Å². The molecule has 1 aliphatic carbocycles. The third-order valence-corrected chi connectivity index (χ3v) is 9.96. The van der Waals surface area contributed by atoms with E-state index in [1.165, 1.54) is 33.4 Å². The molecule has 0 aliphatic heterocycles. The van der Waals surface area contributed by atoms with Crippen molar-refractivity contribution in [3.05, 3.63) is 166 Å². The molecule has 0 unspecified atom stereocenters. The number of ether oxygens (including phenoxy) is 2. The average Bonchev–Trinajstić information content (AvgIpc) is 3.37. The molecule has 0 radical (unpaired) electrons. The van der Waals surface area contributed by atoms with Crippen LogP contribution in [0.15, 0.2) is 121 Å². The Hall–Kier alpha value is -5.48. The molecule has 4 heteroatoms. The summed E-state index contributed by atoms with van der Waals surface area (Å²) < 4.78 is 13.2. The molecule has 7 rings (SSSR count). The summed E-state index contributed by atoms with van der Waals surface area (Å²) in [4.78, 5) is 0. The van der Waals surface area contributed by atoms with E-state index in [0.717, 1.165) is 56.6 Å². The third-order valence-electron chi connectivity index (χ3n) is 9.96. The minimum atomic E-state index is -0.555. The number of anilines is 2. The molecule has 0 atom stereocenters. The number of hydrogen-bond donors (Lipinski definition) is 2. The first-order valence-electron chi connectivity index (χ1n) is 17.1. The maximum atomic E-state index is 6.60. The van der Waals surface area contributed by atoms with E-state index in [1.54, 1.807) is 0 Å². The molecule has 0 saturated carbocycles. The summed E-state index contributed by atoms with van der Waals surface area (Å²) in [7, 11) is 0. The third kappa shape index (κ3) is 5.32. The van der Waals surface area contributed by atoms with Gasteiger partial charge in [-0.2, -0.15) is 0 Å². The van der Waals surface area contributed by atoms with Crippen LogP contribution in [-0.2, 0) is 5.41 Å². The molecule has 6 aromatic rings. The molecule has 4 N–H and O–H groups in total. The van der Waals surface area contributed by atoms with Gasteiger partial charge in [0.15, 0.2) is 0 Å². The summed E-state index contributed by atoms with van der Waals surface area (Å²) in [5.74, 6) is 3.69. The molecule has 0 aromatic heterocycles. The molecule has 0 amide bonds. The molecule has 6 aromatic carbocycles. The van der Waals surface area contributed by atoms with Crippen LogP contribution in [0.1, 0.15) is 84.0 Å². The van der Waals surface area contributed by atoms with Crippen molar-refractivity contribution in [1.29, 1.82) is 0 Å². The fourth-order valence-corrected chi connectivity index (χ4v) is 7.79. The standard InChI is InChI=1S/C45H44N2O2/c1-27(2)43-37(46)17-11-19-41(43)48-39-23-21-31(25-29(39)5)45(35-15-9-7-13-33(35)34-14-8-10-16-36(34)45)32-22-24-40(30(6)26-32)49-42-20-12-18-38(47)44(42)28(3)4/h7-28H,46-47H2,1-6H3. The normalized spacial score (nSPS) is 13.0. The van der Waals surface area contributed by atoms with E-state index >= 15 is 0 Å². The maximum Gasteiger partial charge on any atom is 0.132 e. The highest BCUT2D eigenvalue weighted by molar-refractivity contribution is 5.86. The van der Waals surface area contributed by atoms with E-state index < -0.39 is 5.41 Å². The highest BCUT2D eigenvalue weighted by Crippen LogP contribution is 2.57. The van der Waals surface area contributed by atoms with Gasteiger partial charge in [-0.1, -0.05) is 113 Å². The smallest absolute Gasteiger partial charge is 0.132 e. The van der Waals surface area contributed by atoms with E-state index in [0.29, 0.717) is 0 Å². The Labute approximate surface area is 290 Å². The second-order valence-corrected chi connectivity index (χ2v) is 13.8. The second kappa shape index (κ2) is 12.5. The summed E-state index contributed by atoms with van der Waals surface area (Å²) in [5.41, 5.74) is 25.2. The minimum absolute atomic E-state index is 0.233. The summed E-state index contributed by atoms with van der Waals surface area (Å²) >= 11 is 0. The van der Waals surface area contributed by atoms with Gasteiger partial charge in [0.1, 0.15) is 23.0 Å². The number of nitrogens with two attached hydrogens (primary N) is 2. The molecule has 0 bridgehead atoms. The van der Waals surface area contributed by atoms with Crippen LogP contribution in [-0.4, -0.2) is 0 Å². The number of aryl methyl sites for hydroxylation is 2. The van der Waals surface area contributed by atoms with Crippen LogP contribution in [0.25, 0.3) is 11.1 Å². The zero-order chi connectivity index (χ0) is 34.4. The zero-order valence-corrected chi connectivity index (χ0v) is 29.2. The van der Waals surface area contributed by atoms with Gasteiger partial charge in [0, 0.05) is 22.5 Å². The van der Waals surface area contributed by atoms with Gasteiger partial charge >= 0.3 is 0 Å². The monoisotopic (exact) mass is 644 g/mol. The Morgan fingerprint density at radius 2 is 0.878 bits per heavy atom. The summed E-state index contributed by atoms with van der Waals surface area (Å²) in [5, 5.41) is 0. The number of rotatable bonds is 8. The number of benzene rings is 6. The van der Waals surface area contributed by atoms with Crippen molar-refractivity contribution in [2.75, 3.05) is 11.5 Å². The lowest BCUT2D eigenvalue weighted by Gasteiger charge is -2.34. The molecule has 0 fully saturated rings. The largest absolute Gasteiger partial charge is 0.457 e. The van der Waals surface area contributed by atoms with Crippen molar-refractivity contribution in [2.45, 2.75) is 58.8 Å². The highest BCUT2D eigenvalue weighted by Gasteiger charge is 2.46. The van der Waals surface area contributed by atoms with Gasteiger partial charge in [0.25, 0.3) is 0 Å². The number of fused-ring (bicyclic) bond motifs is 3. The fourth-order valence-electron chi connectivity index (χ4n) is 7.79. The van der Waals surface area contributed by atoms with E-state index in [1.807, 2.05) is 36.4 Å². The van der Waals surface area contributed by atoms with Crippen LogP contribution in [0, 0.1) is 13.8 Å². The first-order chi connectivity index (χ1) is 23.6. The van der Waals surface area contributed by atoms with Crippen molar-refractivity contribution in [1.82, 2.24) is 0 Å². The molecule has 1 aliphatic rings. The Balaban J connectivity index is 1.38. The van der Waals surface area contributed by atoms with Gasteiger partial charge < -0.3 is 20.9 Å². The quantitative estimate of drug-likeness (QED) is 0.162. The summed E-state index contributed by atoms with van der Waals surface area (Å²) in [6.07, 6.45) is 0. The van der Waals surface area contributed by atoms with Gasteiger partial charge in [-0.3, -0.25) is 0 Å². The highest BCUT2D eigenvalue weighted by atomic mass is 16.5. The van der Waals surface area contributed by atoms with Crippen LogP contribution < -0.4 is 20.9 Å². The summed E-state index contributed by atoms with van der Waals surface area (Å²) in [6, 6.07) is 42.6. The lowest BCUT2D eigenvalue weighted by atomic mass is 9.67. The van der Waals surface area contributed by atoms with Gasteiger partial charge in [-0.05, 0) is 107 Å². The molecule has 49 heavy (non-hydrogen) atoms. The van der Waals surface area contributed by atoms with E-state index in [9.17, 15) is 0 Å². The van der Waals surface area contributed by atoms with Gasteiger partial charge in [-0.15, -0.1) is 0 Å². The molecular weight excluding hydrogens is 601 g/mol. The van der Waals surface area contributed by atoms with Crippen LogP contribution in [0.4, 0.5) is 11.4 Å². The van der Waals surface area contributed by atoms with Crippen molar-refractivity contribution >= 4 is 11.4 Å². The molecule has 4 nitrogen and oxygen atoms in total. The first-order valence-corrected chi connectivity index (χ1v) is 17.1. The Kier molecular flexibility index (Phi) is 8.20. The molecular formula is C45H44N2O2. The first kappa shape index (κ1) is 32.1. The zero-order valence-electron chi connectivity index (χ0n) is 29.2. The predicted octanol–water partition coefficient (Wildman–Crippen LogP) is 11.7. The SMILES string of the molecule is Cc1cc(C2(c3ccc(Oc4cccc(N)c4C(C)C)c(C)c3)c3ccccc3-c3ccccc32)ccc1Oc1cccc(N)c1C(C)C. The van der Waals surface area contributed by atoms with Crippen molar-refractivity contribution in [2.24, 2.45) is 0 Å². The number of hydrogen-bond acceptors (Lipinski definition) is 4. The number of nitrogen functional groups attached to an aromatic ring is 2. The van der Waals surface area contributed by atoms with Crippen LogP contribution >= 0.6 is 0 Å². The van der Waals surface area contributed by atoms with Gasteiger partial charge in [0.2, 0.25) is 0 Å². The fraction of sp³-hybridized carbons (Fsp3) is 0.200. The van der Waals surface area contributed by atoms with E-state index in [-0.39, 0.29) is 11.8 Å².